The molecule has 0 aliphatic rings. The molecule has 2 aromatic rings. The maximum atomic E-state index is 4.04. The van der Waals surface area contributed by atoms with Gasteiger partial charge in [0.25, 0.3) is 0 Å². The molecule has 2 rings (SSSR count). The highest BCUT2D eigenvalue weighted by molar-refractivity contribution is 5.85. The second kappa shape index (κ2) is 4.03. The molecule has 0 amide bonds. The molecule has 0 aromatic heterocycles. The third-order valence-electron chi connectivity index (χ3n) is 3.03. The van der Waals surface area contributed by atoms with Gasteiger partial charge >= 0.3 is 0 Å². The Morgan fingerprint density at radius 3 is 2.47 bits per heavy atom. The first-order valence-corrected chi connectivity index (χ1v) is 5.33. The van der Waals surface area contributed by atoms with E-state index in [1.54, 1.807) is 0 Å². The smallest absolute Gasteiger partial charge is 0.0867 e. The van der Waals surface area contributed by atoms with Gasteiger partial charge in [0.05, 0.1) is 6.04 Å². The molecule has 0 fully saturated rings. The highest BCUT2D eigenvalue weighted by Crippen LogP contribution is 2.22. The second-order valence-corrected chi connectivity index (χ2v) is 4.14. The summed E-state index contributed by atoms with van der Waals surface area (Å²) in [7, 11) is 6.13. The molecule has 0 saturated heterocycles. The summed E-state index contributed by atoms with van der Waals surface area (Å²) in [6.07, 6.45) is 0. The first kappa shape index (κ1) is 10.2. The molecule has 15 heavy (non-hydrogen) atoms. The molecule has 2 unspecified atom stereocenters. The topological polar surface area (TPSA) is 4.44 Å². The van der Waals surface area contributed by atoms with E-state index in [1.165, 1.54) is 21.2 Å². The summed E-state index contributed by atoms with van der Waals surface area (Å²) < 4.78 is 0. The summed E-state index contributed by atoms with van der Waals surface area (Å²) in [6, 6.07) is 15.4. The van der Waals surface area contributed by atoms with Gasteiger partial charge in [0, 0.05) is 12.6 Å². The van der Waals surface area contributed by atoms with Crippen molar-refractivity contribution in [1.82, 2.24) is 0 Å². The lowest BCUT2D eigenvalue weighted by Crippen LogP contribution is -3.03. The van der Waals surface area contributed by atoms with Gasteiger partial charge in [-0.25, -0.2) is 0 Å². The van der Waals surface area contributed by atoms with Crippen LogP contribution in [0, 0.1) is 7.05 Å². The average Bonchev–Trinajstić information content (AvgIpc) is 2.27. The van der Waals surface area contributed by atoms with E-state index in [2.05, 4.69) is 63.5 Å². The SMILES string of the molecule is [CH2-][NH+](C)C(C)c1cccc2ccccc12. The van der Waals surface area contributed by atoms with Crippen molar-refractivity contribution in [3.8, 4) is 0 Å². The van der Waals surface area contributed by atoms with Crippen LogP contribution in [0.1, 0.15) is 18.5 Å². The molecule has 0 bridgehead atoms. The second-order valence-electron chi connectivity index (χ2n) is 4.14. The van der Waals surface area contributed by atoms with Crippen molar-refractivity contribution < 1.29 is 4.90 Å². The molecule has 1 nitrogen and oxygen atoms in total. The first-order valence-electron chi connectivity index (χ1n) is 5.33. The summed E-state index contributed by atoms with van der Waals surface area (Å²) in [6.45, 7) is 2.21. The lowest BCUT2D eigenvalue weighted by molar-refractivity contribution is -0.864. The quantitative estimate of drug-likeness (QED) is 0.707. The molecule has 1 N–H and O–H groups in total. The van der Waals surface area contributed by atoms with Crippen LogP contribution in [-0.4, -0.2) is 7.05 Å². The average molecular weight is 199 g/mol. The molecular weight excluding hydrogens is 182 g/mol. The number of benzene rings is 2. The Kier molecular flexibility index (Phi) is 2.74. The fourth-order valence-corrected chi connectivity index (χ4v) is 1.89. The van der Waals surface area contributed by atoms with E-state index in [1.807, 2.05) is 0 Å². The van der Waals surface area contributed by atoms with Crippen LogP contribution in [0.2, 0.25) is 0 Å². The fraction of sp³-hybridized carbons (Fsp3) is 0.214. The molecule has 0 radical (unpaired) electrons. The standard InChI is InChI=1S/C14H17N/c1-11(15(2)3)13-10-6-8-12-7-4-5-9-14(12)13/h4-11,15H,2H2,1,3H3. The van der Waals surface area contributed by atoms with Crippen LogP contribution >= 0.6 is 0 Å². The molecular formula is C14H17N. The normalized spacial score (nSPS) is 15.1. The van der Waals surface area contributed by atoms with Crippen molar-refractivity contribution in [2.24, 2.45) is 0 Å². The van der Waals surface area contributed by atoms with Crippen LogP contribution in [-0.2, 0) is 0 Å². The van der Waals surface area contributed by atoms with Crippen molar-refractivity contribution in [3.05, 3.63) is 55.1 Å². The minimum Gasteiger partial charge on any atom is -0.464 e. The van der Waals surface area contributed by atoms with Crippen molar-refractivity contribution in [1.29, 1.82) is 0 Å². The Hall–Kier alpha value is -1.34. The summed E-state index contributed by atoms with van der Waals surface area (Å²) in [4.78, 5) is 1.21. The number of hydrogen-bond acceptors (Lipinski definition) is 0. The predicted molar refractivity (Wildman–Crippen MR) is 64.6 cm³/mol. The zero-order valence-corrected chi connectivity index (χ0v) is 9.33. The van der Waals surface area contributed by atoms with Gasteiger partial charge in [-0.1, -0.05) is 42.5 Å². The highest BCUT2D eigenvalue weighted by atomic mass is 15.1. The lowest BCUT2D eigenvalue weighted by Gasteiger charge is -2.24. The Morgan fingerprint density at radius 1 is 1.07 bits per heavy atom. The van der Waals surface area contributed by atoms with Crippen LogP contribution in [0.15, 0.2) is 42.5 Å². The van der Waals surface area contributed by atoms with E-state index in [9.17, 15) is 0 Å². The molecule has 0 aliphatic heterocycles. The Labute approximate surface area is 91.3 Å². The van der Waals surface area contributed by atoms with Crippen molar-refractivity contribution in [2.45, 2.75) is 13.0 Å². The molecule has 0 aliphatic carbocycles. The minimum absolute atomic E-state index is 0.427. The van der Waals surface area contributed by atoms with Crippen molar-refractivity contribution in [2.75, 3.05) is 7.05 Å². The van der Waals surface area contributed by atoms with Gasteiger partial charge in [0.1, 0.15) is 0 Å². The van der Waals surface area contributed by atoms with Crippen molar-refractivity contribution in [3.63, 3.8) is 0 Å². The number of quaternary nitrogens is 1. The zero-order chi connectivity index (χ0) is 10.8. The monoisotopic (exact) mass is 199 g/mol. The fourth-order valence-electron chi connectivity index (χ4n) is 1.89. The maximum Gasteiger partial charge on any atom is 0.0867 e. The van der Waals surface area contributed by atoms with Gasteiger partial charge in [-0.15, -0.1) is 0 Å². The molecule has 0 saturated carbocycles. The summed E-state index contributed by atoms with van der Waals surface area (Å²) in [5.74, 6) is 0. The molecule has 2 aromatic carbocycles. The number of rotatable bonds is 2. The molecule has 2 atom stereocenters. The number of nitrogens with one attached hydrogen (secondary N) is 1. The molecule has 1 heteroatoms. The highest BCUT2D eigenvalue weighted by Gasteiger charge is 2.10. The van der Waals surface area contributed by atoms with E-state index in [0.29, 0.717) is 6.04 Å². The summed E-state index contributed by atoms with van der Waals surface area (Å²) in [5, 5.41) is 2.65. The van der Waals surface area contributed by atoms with Crippen LogP contribution in [0.25, 0.3) is 10.8 Å². The summed E-state index contributed by atoms with van der Waals surface area (Å²) in [5.41, 5.74) is 1.38. The third-order valence-corrected chi connectivity index (χ3v) is 3.03. The van der Waals surface area contributed by atoms with E-state index in [4.69, 9.17) is 0 Å². The summed E-state index contributed by atoms with van der Waals surface area (Å²) >= 11 is 0. The Balaban J connectivity index is 2.60. The largest absolute Gasteiger partial charge is 0.464 e. The first-order chi connectivity index (χ1) is 7.20. The van der Waals surface area contributed by atoms with Gasteiger partial charge in [0.2, 0.25) is 0 Å². The maximum absolute atomic E-state index is 4.04. The van der Waals surface area contributed by atoms with Gasteiger partial charge in [-0.3, -0.25) is 0 Å². The minimum atomic E-state index is 0.427. The third kappa shape index (κ3) is 1.88. The van der Waals surface area contributed by atoms with E-state index < -0.39 is 0 Å². The molecule has 0 spiro atoms. The molecule has 78 valence electrons. The Morgan fingerprint density at radius 2 is 1.73 bits per heavy atom. The van der Waals surface area contributed by atoms with Crippen molar-refractivity contribution >= 4 is 10.8 Å². The lowest BCUT2D eigenvalue weighted by atomic mass is 9.99. The van der Waals surface area contributed by atoms with Gasteiger partial charge < -0.3 is 4.90 Å². The predicted octanol–water partition coefficient (Wildman–Crippen LogP) is 2.21. The number of hydrogen-bond donors (Lipinski definition) is 1. The van der Waals surface area contributed by atoms with Crippen LogP contribution in [0.4, 0.5) is 0 Å². The van der Waals surface area contributed by atoms with E-state index in [-0.39, 0.29) is 0 Å². The van der Waals surface area contributed by atoms with Gasteiger partial charge in [0.15, 0.2) is 0 Å². The van der Waals surface area contributed by atoms with Gasteiger partial charge in [-0.2, -0.15) is 7.05 Å². The van der Waals surface area contributed by atoms with Crippen LogP contribution < -0.4 is 4.90 Å². The van der Waals surface area contributed by atoms with Crippen LogP contribution in [0.5, 0.6) is 0 Å². The van der Waals surface area contributed by atoms with Crippen LogP contribution in [0.3, 0.4) is 0 Å². The van der Waals surface area contributed by atoms with E-state index in [0.717, 1.165) is 0 Å². The Bertz CT molecular complexity index is 454. The zero-order valence-electron chi connectivity index (χ0n) is 9.33. The molecule has 0 heterocycles. The number of fused-ring (bicyclic) bond motifs is 1. The van der Waals surface area contributed by atoms with Gasteiger partial charge in [-0.05, 0) is 17.7 Å². The van der Waals surface area contributed by atoms with E-state index >= 15 is 0 Å².